The Balaban J connectivity index is 1.35. The van der Waals surface area contributed by atoms with Crippen molar-refractivity contribution in [2.24, 2.45) is 5.73 Å². The normalized spacial score (nSPS) is 16.9. The molecule has 0 saturated carbocycles. The Morgan fingerprint density at radius 3 is 2.28 bits per heavy atom. The van der Waals surface area contributed by atoms with Gasteiger partial charge in [0.2, 0.25) is 11.8 Å². The zero-order valence-corrected chi connectivity index (χ0v) is 24.6. The Kier molecular flexibility index (Phi) is 5.43. The lowest BCUT2D eigenvalue weighted by molar-refractivity contribution is -0.121. The van der Waals surface area contributed by atoms with Crippen LogP contribution in [0.15, 0.2) is 115 Å². The summed E-state index contributed by atoms with van der Waals surface area (Å²) in [5.74, 6) is -0.149. The Bertz CT molecular complexity index is 2550. The van der Waals surface area contributed by atoms with Gasteiger partial charge in [-0.15, -0.1) is 5.10 Å². The molecule has 11 nitrogen and oxygen atoms in total. The van der Waals surface area contributed by atoms with Gasteiger partial charge in [-0.05, 0) is 42.5 Å². The summed E-state index contributed by atoms with van der Waals surface area (Å²) in [6.07, 6.45) is 1.62. The zero-order chi connectivity index (χ0) is 31.9. The van der Waals surface area contributed by atoms with Gasteiger partial charge >= 0.3 is 0 Å². The lowest BCUT2D eigenvalue weighted by atomic mass is 9.67. The lowest BCUT2D eigenvalue weighted by Gasteiger charge is -2.35. The highest BCUT2D eigenvalue weighted by molar-refractivity contribution is 6.20. The Morgan fingerprint density at radius 2 is 1.51 bits per heavy atom. The molecular formula is C36H23N9O2. The molecule has 11 heteroatoms. The van der Waals surface area contributed by atoms with Crippen LogP contribution in [0, 0.1) is 11.3 Å². The van der Waals surface area contributed by atoms with E-state index >= 15 is 4.79 Å². The number of carbonyl (C=O) groups excluding carboxylic acids is 1. The fourth-order valence-corrected chi connectivity index (χ4v) is 7.01. The van der Waals surface area contributed by atoms with Crippen molar-refractivity contribution in [1.29, 1.82) is 5.26 Å². The second-order valence-corrected chi connectivity index (χ2v) is 11.5. The predicted molar refractivity (Wildman–Crippen MR) is 176 cm³/mol. The Morgan fingerprint density at radius 1 is 0.830 bits per heavy atom. The number of nitrogen functional groups attached to an aromatic ring is 1. The van der Waals surface area contributed by atoms with Gasteiger partial charge in [-0.2, -0.15) is 5.26 Å². The van der Waals surface area contributed by atoms with E-state index in [1.165, 1.54) is 0 Å². The van der Waals surface area contributed by atoms with Crippen LogP contribution in [0.5, 0.6) is 5.75 Å². The standard InChI is InChI=1S/C36H23N9O2/c37-17-26-34(39)47-33-24-8-2-1-7-23(24)31-32(42-28-11-5-4-10-27(28)41-31)30(33)36(26)25-9-3-6-12-29(25)44(35(36)46)19-22-18-40-43-45(22)21-15-13-20(38)14-16-21/h1-16,18H,19,38-39H2. The maximum absolute atomic E-state index is 15.4. The molecule has 9 rings (SSSR count). The lowest BCUT2D eigenvalue weighted by Crippen LogP contribution is -2.46. The monoisotopic (exact) mass is 613 g/mol. The summed E-state index contributed by atoms with van der Waals surface area (Å²) in [6.45, 7) is 0.101. The molecule has 0 bridgehead atoms. The summed E-state index contributed by atoms with van der Waals surface area (Å²) in [7, 11) is 0. The number of benzene rings is 5. The molecule has 0 fully saturated rings. The maximum atomic E-state index is 15.4. The van der Waals surface area contributed by atoms with Crippen molar-refractivity contribution in [2.75, 3.05) is 10.6 Å². The fourth-order valence-electron chi connectivity index (χ4n) is 7.01. The summed E-state index contributed by atoms with van der Waals surface area (Å²) >= 11 is 0. The number of carbonyl (C=O) groups is 1. The van der Waals surface area contributed by atoms with E-state index in [2.05, 4.69) is 16.4 Å². The molecule has 1 spiro atoms. The smallest absolute Gasteiger partial charge is 0.248 e. The van der Waals surface area contributed by atoms with E-state index in [9.17, 15) is 5.26 Å². The number of amides is 1. The molecule has 2 aromatic heterocycles. The van der Waals surface area contributed by atoms with Gasteiger partial charge in [0.15, 0.2) is 0 Å². The molecular weight excluding hydrogens is 590 g/mol. The minimum Gasteiger partial charge on any atom is -0.439 e. The van der Waals surface area contributed by atoms with Gasteiger partial charge in [-0.1, -0.05) is 59.8 Å². The third kappa shape index (κ3) is 3.52. The third-order valence-electron chi connectivity index (χ3n) is 9.02. The highest BCUT2D eigenvalue weighted by atomic mass is 16.5. The summed E-state index contributed by atoms with van der Waals surface area (Å²) < 4.78 is 7.97. The van der Waals surface area contributed by atoms with Crippen LogP contribution in [0.2, 0.25) is 0 Å². The number of nitrogens with zero attached hydrogens (tertiary/aromatic N) is 7. The van der Waals surface area contributed by atoms with Gasteiger partial charge in [0, 0.05) is 33.3 Å². The van der Waals surface area contributed by atoms with E-state index in [0.717, 1.165) is 11.1 Å². The van der Waals surface area contributed by atoms with Gasteiger partial charge < -0.3 is 21.1 Å². The number of fused-ring (bicyclic) bond motifs is 10. The van der Waals surface area contributed by atoms with Crippen LogP contribution in [0.4, 0.5) is 11.4 Å². The largest absolute Gasteiger partial charge is 0.439 e. The van der Waals surface area contributed by atoms with Crippen molar-refractivity contribution in [3.05, 3.63) is 132 Å². The molecule has 1 unspecified atom stereocenters. The molecule has 47 heavy (non-hydrogen) atoms. The van der Waals surface area contributed by atoms with Crippen LogP contribution in [-0.2, 0) is 16.8 Å². The number of hydrogen-bond acceptors (Lipinski definition) is 9. The molecule has 2 aliphatic heterocycles. The second-order valence-electron chi connectivity index (χ2n) is 11.5. The van der Waals surface area contributed by atoms with E-state index in [4.69, 9.17) is 26.2 Å². The predicted octanol–water partition coefficient (Wildman–Crippen LogP) is 5.02. The number of hydrogen-bond donors (Lipinski definition) is 2. The van der Waals surface area contributed by atoms with Crippen LogP contribution in [-0.4, -0.2) is 30.9 Å². The third-order valence-corrected chi connectivity index (χ3v) is 9.02. The molecule has 1 atom stereocenters. The fraction of sp³-hybridized carbons (Fsp3) is 0.0556. The molecule has 7 aromatic rings. The van der Waals surface area contributed by atoms with Crippen LogP contribution < -0.4 is 21.1 Å². The van der Waals surface area contributed by atoms with Crippen LogP contribution in [0.1, 0.15) is 16.8 Å². The van der Waals surface area contributed by atoms with Gasteiger partial charge in [0.25, 0.3) is 0 Å². The molecule has 1 amide bonds. The van der Waals surface area contributed by atoms with E-state index in [0.29, 0.717) is 61.4 Å². The van der Waals surface area contributed by atoms with Gasteiger partial charge in [0.05, 0.1) is 46.2 Å². The van der Waals surface area contributed by atoms with Crippen molar-refractivity contribution in [2.45, 2.75) is 12.0 Å². The van der Waals surface area contributed by atoms with E-state index in [-0.39, 0.29) is 23.9 Å². The topological polar surface area (TPSA) is 162 Å². The van der Waals surface area contributed by atoms with Crippen LogP contribution in [0.25, 0.3) is 38.5 Å². The highest BCUT2D eigenvalue weighted by Gasteiger charge is 2.60. The molecule has 224 valence electrons. The Labute approximate surface area is 266 Å². The summed E-state index contributed by atoms with van der Waals surface area (Å²) in [5, 5.41) is 20.7. The quantitative estimate of drug-likeness (QED) is 0.158. The number of anilines is 2. The minimum atomic E-state index is -1.68. The zero-order valence-electron chi connectivity index (χ0n) is 24.6. The maximum Gasteiger partial charge on any atom is 0.248 e. The first-order valence-corrected chi connectivity index (χ1v) is 14.9. The number of aromatic nitrogens is 5. The van der Waals surface area contributed by atoms with Crippen molar-refractivity contribution >= 4 is 50.1 Å². The average molecular weight is 614 g/mol. The van der Waals surface area contributed by atoms with Gasteiger partial charge in [-0.25, -0.2) is 14.6 Å². The molecule has 0 saturated heterocycles. The van der Waals surface area contributed by atoms with E-state index in [1.54, 1.807) is 27.9 Å². The molecule has 5 aromatic carbocycles. The van der Waals surface area contributed by atoms with E-state index < -0.39 is 5.41 Å². The molecule has 4 heterocycles. The van der Waals surface area contributed by atoms with Crippen molar-refractivity contribution < 1.29 is 9.53 Å². The minimum absolute atomic E-state index is 0.0124. The van der Waals surface area contributed by atoms with Crippen LogP contribution >= 0.6 is 0 Å². The SMILES string of the molecule is N#CC1=C(N)Oc2c(c3nc4ccccc4nc3c3ccccc23)C12C(=O)N(Cc1cnnn1-c1ccc(N)cc1)c1ccccc12. The van der Waals surface area contributed by atoms with Crippen molar-refractivity contribution in [3.63, 3.8) is 0 Å². The number of rotatable bonds is 3. The number of nitrogens with two attached hydrogens (primary N) is 2. The number of para-hydroxylation sites is 3. The molecule has 0 radical (unpaired) electrons. The Hall–Kier alpha value is -6.80. The van der Waals surface area contributed by atoms with Gasteiger partial charge in [-0.3, -0.25) is 4.79 Å². The first-order chi connectivity index (χ1) is 23.0. The summed E-state index contributed by atoms with van der Waals surface area (Å²) in [5.41, 5.74) is 16.8. The summed E-state index contributed by atoms with van der Waals surface area (Å²) in [6, 6.07) is 32.1. The molecule has 0 aliphatic carbocycles. The van der Waals surface area contributed by atoms with Crippen LogP contribution in [0.3, 0.4) is 0 Å². The first kappa shape index (κ1) is 26.6. The molecule has 2 aliphatic rings. The van der Waals surface area contributed by atoms with Crippen molar-refractivity contribution in [3.8, 4) is 17.5 Å². The number of nitriles is 1. The summed E-state index contributed by atoms with van der Waals surface area (Å²) in [4.78, 5) is 27.2. The first-order valence-electron chi connectivity index (χ1n) is 14.9. The number of ether oxygens (including phenoxy) is 1. The van der Waals surface area contributed by atoms with E-state index in [1.807, 2.05) is 84.9 Å². The molecule has 4 N–H and O–H groups in total. The second kappa shape index (κ2) is 9.60. The highest BCUT2D eigenvalue weighted by Crippen LogP contribution is 2.58. The average Bonchev–Trinajstić information content (AvgIpc) is 3.66. The van der Waals surface area contributed by atoms with Gasteiger partial charge in [0.1, 0.15) is 22.8 Å². The van der Waals surface area contributed by atoms with Crippen molar-refractivity contribution in [1.82, 2.24) is 25.0 Å².